The second kappa shape index (κ2) is 5.11. The van der Waals surface area contributed by atoms with E-state index in [2.05, 4.69) is 21.2 Å². The molecule has 0 amide bonds. The molecule has 1 saturated carbocycles. The number of hydrogen-bond acceptors (Lipinski definition) is 2. The van der Waals surface area contributed by atoms with E-state index >= 15 is 0 Å². The Balaban J connectivity index is 1.87. The second-order valence-corrected chi connectivity index (χ2v) is 6.33. The van der Waals surface area contributed by atoms with E-state index in [0.717, 1.165) is 20.5 Å². The van der Waals surface area contributed by atoms with E-state index in [9.17, 15) is 4.39 Å². The van der Waals surface area contributed by atoms with Gasteiger partial charge in [0.15, 0.2) is 0 Å². The zero-order valence-electron chi connectivity index (χ0n) is 9.75. The lowest BCUT2D eigenvalue weighted by molar-refractivity contribution is 0.587. The number of benzene rings is 1. The van der Waals surface area contributed by atoms with Gasteiger partial charge in [-0.2, -0.15) is 0 Å². The highest BCUT2D eigenvalue weighted by Crippen LogP contribution is 2.34. The van der Waals surface area contributed by atoms with Gasteiger partial charge in [-0.25, -0.2) is 4.39 Å². The summed E-state index contributed by atoms with van der Waals surface area (Å²) in [6.07, 6.45) is 2.44. The molecular formula is C14H13BrFNS. The number of rotatable bonds is 4. The normalized spacial score (nSPS) is 15.0. The molecule has 1 nitrogen and oxygen atoms in total. The SMILES string of the molecule is Fc1ccc(-c2sccc2Br)cc1CNC1CC1. The van der Waals surface area contributed by atoms with Crippen molar-refractivity contribution in [1.29, 1.82) is 0 Å². The van der Waals surface area contributed by atoms with E-state index in [0.29, 0.717) is 12.6 Å². The van der Waals surface area contributed by atoms with E-state index in [1.807, 2.05) is 23.6 Å². The fourth-order valence-corrected chi connectivity index (χ4v) is 3.49. The Bertz CT molecular complexity index is 563. The van der Waals surface area contributed by atoms with Gasteiger partial charge in [0, 0.05) is 27.5 Å². The van der Waals surface area contributed by atoms with Gasteiger partial charge in [-0.3, -0.25) is 0 Å². The van der Waals surface area contributed by atoms with E-state index < -0.39 is 0 Å². The first-order chi connectivity index (χ1) is 8.74. The highest BCUT2D eigenvalue weighted by atomic mass is 79.9. The molecule has 2 aromatic rings. The van der Waals surface area contributed by atoms with Crippen molar-refractivity contribution in [3.63, 3.8) is 0 Å². The van der Waals surface area contributed by atoms with Crippen LogP contribution in [0.3, 0.4) is 0 Å². The molecule has 1 aromatic carbocycles. The highest BCUT2D eigenvalue weighted by Gasteiger charge is 2.20. The van der Waals surface area contributed by atoms with E-state index in [1.165, 1.54) is 12.8 Å². The first kappa shape index (κ1) is 12.3. The average molecular weight is 326 g/mol. The summed E-state index contributed by atoms with van der Waals surface area (Å²) < 4.78 is 14.8. The maximum Gasteiger partial charge on any atom is 0.127 e. The van der Waals surface area contributed by atoms with Gasteiger partial charge < -0.3 is 5.32 Å². The van der Waals surface area contributed by atoms with Crippen LogP contribution in [0, 0.1) is 5.82 Å². The molecule has 0 saturated heterocycles. The topological polar surface area (TPSA) is 12.0 Å². The molecule has 3 rings (SSSR count). The molecule has 1 aromatic heterocycles. The van der Waals surface area contributed by atoms with Gasteiger partial charge in [-0.05, 0) is 57.9 Å². The summed E-state index contributed by atoms with van der Waals surface area (Å²) in [5.41, 5.74) is 1.82. The molecule has 0 atom stereocenters. The molecule has 1 fully saturated rings. The molecule has 0 spiro atoms. The van der Waals surface area contributed by atoms with Crippen molar-refractivity contribution in [2.45, 2.75) is 25.4 Å². The summed E-state index contributed by atoms with van der Waals surface area (Å²) in [4.78, 5) is 1.16. The van der Waals surface area contributed by atoms with Crippen molar-refractivity contribution in [2.75, 3.05) is 0 Å². The number of hydrogen-bond donors (Lipinski definition) is 1. The van der Waals surface area contributed by atoms with Crippen LogP contribution in [0.15, 0.2) is 34.1 Å². The van der Waals surface area contributed by atoms with Gasteiger partial charge in [-0.15, -0.1) is 11.3 Å². The first-order valence-corrected chi connectivity index (χ1v) is 7.66. The zero-order chi connectivity index (χ0) is 12.5. The lowest BCUT2D eigenvalue weighted by Crippen LogP contribution is -2.16. The van der Waals surface area contributed by atoms with Crippen molar-refractivity contribution in [1.82, 2.24) is 5.32 Å². The molecule has 18 heavy (non-hydrogen) atoms. The first-order valence-electron chi connectivity index (χ1n) is 5.99. The van der Waals surface area contributed by atoms with Gasteiger partial charge in [0.2, 0.25) is 0 Å². The third-order valence-electron chi connectivity index (χ3n) is 3.08. The van der Waals surface area contributed by atoms with Gasteiger partial charge in [0.1, 0.15) is 5.82 Å². The highest BCUT2D eigenvalue weighted by molar-refractivity contribution is 9.10. The molecule has 0 radical (unpaired) electrons. The summed E-state index contributed by atoms with van der Waals surface area (Å²) in [6, 6.07) is 7.96. The standard InChI is InChI=1S/C14H13BrFNS/c15-12-5-6-18-14(12)9-1-4-13(16)10(7-9)8-17-11-2-3-11/h1,4-7,11,17H,2-3,8H2. The van der Waals surface area contributed by atoms with Crippen molar-refractivity contribution in [2.24, 2.45) is 0 Å². The molecule has 0 unspecified atom stereocenters. The lowest BCUT2D eigenvalue weighted by atomic mass is 10.1. The molecule has 1 aliphatic carbocycles. The summed E-state index contributed by atoms with van der Waals surface area (Å²) in [6.45, 7) is 0.618. The monoisotopic (exact) mass is 325 g/mol. The van der Waals surface area contributed by atoms with Crippen molar-refractivity contribution in [3.05, 3.63) is 45.5 Å². The third-order valence-corrected chi connectivity index (χ3v) is 4.97. The van der Waals surface area contributed by atoms with Crippen LogP contribution >= 0.6 is 27.3 Å². The van der Waals surface area contributed by atoms with Crippen molar-refractivity contribution >= 4 is 27.3 Å². The fraction of sp³-hybridized carbons (Fsp3) is 0.286. The van der Waals surface area contributed by atoms with Crippen LogP contribution < -0.4 is 5.32 Å². The van der Waals surface area contributed by atoms with E-state index in [1.54, 1.807) is 17.4 Å². The summed E-state index contributed by atoms with van der Waals surface area (Å²) in [5.74, 6) is -0.125. The largest absolute Gasteiger partial charge is 0.310 e. The molecule has 0 bridgehead atoms. The smallest absolute Gasteiger partial charge is 0.127 e. The third kappa shape index (κ3) is 2.66. The van der Waals surface area contributed by atoms with Crippen molar-refractivity contribution in [3.8, 4) is 10.4 Å². The zero-order valence-corrected chi connectivity index (χ0v) is 12.2. The maximum absolute atomic E-state index is 13.7. The second-order valence-electron chi connectivity index (χ2n) is 4.56. The van der Waals surface area contributed by atoms with E-state index in [-0.39, 0.29) is 5.82 Å². The fourth-order valence-electron chi connectivity index (χ4n) is 1.89. The molecular weight excluding hydrogens is 313 g/mol. The van der Waals surface area contributed by atoms with Crippen molar-refractivity contribution < 1.29 is 4.39 Å². The van der Waals surface area contributed by atoms with Gasteiger partial charge in [0.05, 0.1) is 0 Å². The van der Waals surface area contributed by atoms with Crippen LogP contribution in [0.2, 0.25) is 0 Å². The van der Waals surface area contributed by atoms with Crippen LogP contribution in [-0.2, 0) is 6.54 Å². The minimum absolute atomic E-state index is 0.125. The molecule has 94 valence electrons. The summed E-state index contributed by atoms with van der Waals surface area (Å²) in [5, 5.41) is 5.39. The van der Waals surface area contributed by atoms with E-state index in [4.69, 9.17) is 0 Å². The Hall–Kier alpha value is -0.710. The lowest BCUT2D eigenvalue weighted by Gasteiger charge is -2.07. The minimum atomic E-state index is -0.125. The quantitative estimate of drug-likeness (QED) is 0.868. The Morgan fingerprint density at radius 1 is 1.33 bits per heavy atom. The van der Waals surface area contributed by atoms with Crippen LogP contribution in [0.5, 0.6) is 0 Å². The average Bonchev–Trinajstić information content (AvgIpc) is 3.10. The Kier molecular flexibility index (Phi) is 3.50. The van der Waals surface area contributed by atoms with Gasteiger partial charge >= 0.3 is 0 Å². The minimum Gasteiger partial charge on any atom is -0.310 e. The predicted molar refractivity (Wildman–Crippen MR) is 77.3 cm³/mol. The predicted octanol–water partition coefficient (Wildman–Crippen LogP) is 4.57. The number of halogens is 2. The van der Waals surface area contributed by atoms with Gasteiger partial charge in [0.25, 0.3) is 0 Å². The number of thiophene rings is 1. The summed E-state index contributed by atoms with van der Waals surface area (Å²) in [7, 11) is 0. The molecule has 1 heterocycles. The van der Waals surface area contributed by atoms with Crippen LogP contribution in [0.4, 0.5) is 4.39 Å². The number of nitrogens with one attached hydrogen (secondary N) is 1. The van der Waals surface area contributed by atoms with Gasteiger partial charge in [-0.1, -0.05) is 6.07 Å². The molecule has 1 N–H and O–H groups in total. The summed E-state index contributed by atoms with van der Waals surface area (Å²) >= 11 is 5.18. The molecule has 1 aliphatic rings. The Labute approximate surface area is 118 Å². The van der Waals surface area contributed by atoms with Crippen LogP contribution in [0.1, 0.15) is 18.4 Å². The molecule has 0 aliphatic heterocycles. The maximum atomic E-state index is 13.7. The van der Waals surface area contributed by atoms with Crippen LogP contribution in [0.25, 0.3) is 10.4 Å². The molecule has 4 heteroatoms. The Morgan fingerprint density at radius 3 is 2.83 bits per heavy atom. The Morgan fingerprint density at radius 2 is 2.17 bits per heavy atom. The van der Waals surface area contributed by atoms with Crippen LogP contribution in [-0.4, -0.2) is 6.04 Å².